The maximum absolute atomic E-state index is 11.0. The van der Waals surface area contributed by atoms with Crippen LogP contribution in [0.2, 0.25) is 5.02 Å². The molecule has 1 unspecified atom stereocenters. The van der Waals surface area contributed by atoms with Crippen molar-refractivity contribution in [2.75, 3.05) is 32.4 Å². The van der Waals surface area contributed by atoms with Gasteiger partial charge in [-0.15, -0.1) is 24.0 Å². The van der Waals surface area contributed by atoms with Crippen molar-refractivity contribution in [2.24, 2.45) is 4.99 Å². The molecule has 0 saturated carbocycles. The van der Waals surface area contributed by atoms with E-state index < -0.39 is 10.0 Å². The first kappa shape index (κ1) is 25.2. The van der Waals surface area contributed by atoms with E-state index in [0.29, 0.717) is 37.0 Å². The normalized spacial score (nSPS) is 12.8. The van der Waals surface area contributed by atoms with Crippen LogP contribution in [-0.4, -0.2) is 52.9 Å². The van der Waals surface area contributed by atoms with Crippen LogP contribution in [0.4, 0.5) is 0 Å². The van der Waals surface area contributed by atoms with Gasteiger partial charge in [0.1, 0.15) is 11.9 Å². The summed E-state index contributed by atoms with van der Waals surface area (Å²) in [5.41, 5.74) is 0. The summed E-state index contributed by atoms with van der Waals surface area (Å²) in [6, 6.07) is 7.20. The summed E-state index contributed by atoms with van der Waals surface area (Å²) >= 11 is 5.85. The average Bonchev–Trinajstić information content (AvgIpc) is 2.53. The molecule has 3 N–H and O–H groups in total. The monoisotopic (exact) mass is 518 g/mol. The van der Waals surface area contributed by atoms with Crippen LogP contribution in [0.1, 0.15) is 20.3 Å². The van der Waals surface area contributed by atoms with Crippen LogP contribution < -0.4 is 20.1 Å². The highest BCUT2D eigenvalue weighted by atomic mass is 127. The lowest BCUT2D eigenvalue weighted by molar-refractivity contribution is 0.230. The van der Waals surface area contributed by atoms with E-state index in [0.717, 1.165) is 18.6 Å². The third kappa shape index (κ3) is 12.6. The number of nitrogens with zero attached hydrogens (tertiary/aromatic N) is 1. The fourth-order valence-electron chi connectivity index (χ4n) is 1.90. The summed E-state index contributed by atoms with van der Waals surface area (Å²) in [4.78, 5) is 4.48. The summed E-state index contributed by atoms with van der Waals surface area (Å²) in [7, 11) is -3.14. The van der Waals surface area contributed by atoms with Gasteiger partial charge in [-0.25, -0.2) is 18.1 Å². The Balaban J connectivity index is 0.00000625. The lowest BCUT2D eigenvalue weighted by Gasteiger charge is -2.15. The van der Waals surface area contributed by atoms with E-state index in [1.807, 2.05) is 26.0 Å². The second kappa shape index (κ2) is 13.4. The van der Waals surface area contributed by atoms with Crippen molar-refractivity contribution < 1.29 is 13.2 Å². The third-order valence-electron chi connectivity index (χ3n) is 3.01. The summed E-state index contributed by atoms with van der Waals surface area (Å²) in [6.07, 6.45) is 1.71. The van der Waals surface area contributed by atoms with Gasteiger partial charge in [0.05, 0.1) is 12.8 Å². The van der Waals surface area contributed by atoms with Gasteiger partial charge in [0, 0.05) is 24.7 Å². The first-order valence-corrected chi connectivity index (χ1v) is 10.5. The van der Waals surface area contributed by atoms with Gasteiger partial charge in [-0.2, -0.15) is 0 Å². The zero-order chi connectivity index (χ0) is 18.7. The number of halogens is 2. The molecule has 0 aliphatic rings. The molecule has 0 spiro atoms. The molecule has 0 amide bonds. The van der Waals surface area contributed by atoms with Crippen LogP contribution in [0.5, 0.6) is 5.75 Å². The standard InChI is InChI=1S/C16H27ClN4O3S.HI/c1-4-18-16(19-10-5-11-21-25(3,22)23)20-12-13(2)24-15-8-6-14(17)7-9-15;/h6-9,13,21H,4-5,10-12H2,1-3H3,(H2,18,19,20);1H. The number of hydrogen-bond acceptors (Lipinski definition) is 4. The first-order chi connectivity index (χ1) is 11.8. The van der Waals surface area contributed by atoms with Crippen molar-refractivity contribution in [3.63, 3.8) is 0 Å². The SMILES string of the molecule is CCNC(=NCC(C)Oc1ccc(Cl)cc1)NCCCNS(C)(=O)=O.I. The number of guanidine groups is 1. The number of rotatable bonds is 10. The van der Waals surface area contributed by atoms with E-state index >= 15 is 0 Å². The van der Waals surface area contributed by atoms with Crippen molar-refractivity contribution in [2.45, 2.75) is 26.4 Å². The van der Waals surface area contributed by atoms with Gasteiger partial charge in [0.2, 0.25) is 10.0 Å². The van der Waals surface area contributed by atoms with Gasteiger partial charge in [0.25, 0.3) is 0 Å². The van der Waals surface area contributed by atoms with Crippen molar-refractivity contribution in [3.8, 4) is 5.75 Å². The number of nitrogens with one attached hydrogen (secondary N) is 3. The molecule has 1 rings (SSSR count). The average molecular weight is 519 g/mol. The van der Waals surface area contributed by atoms with E-state index in [4.69, 9.17) is 16.3 Å². The second-order valence-corrected chi connectivity index (χ2v) is 7.82. The lowest BCUT2D eigenvalue weighted by Crippen LogP contribution is -2.39. The molecule has 0 aliphatic heterocycles. The van der Waals surface area contributed by atoms with E-state index in [1.54, 1.807) is 12.1 Å². The Kier molecular flexibility index (Phi) is 13.0. The lowest BCUT2D eigenvalue weighted by atomic mass is 10.3. The minimum absolute atomic E-state index is 0. The molecule has 0 fully saturated rings. The van der Waals surface area contributed by atoms with Crippen molar-refractivity contribution in [1.29, 1.82) is 0 Å². The predicted octanol–water partition coefficient (Wildman–Crippen LogP) is 2.22. The smallest absolute Gasteiger partial charge is 0.208 e. The summed E-state index contributed by atoms with van der Waals surface area (Å²) in [6.45, 7) is 6.15. The topological polar surface area (TPSA) is 91.8 Å². The third-order valence-corrected chi connectivity index (χ3v) is 3.99. The molecule has 1 aromatic carbocycles. The van der Waals surface area contributed by atoms with Crippen LogP contribution in [-0.2, 0) is 10.0 Å². The maximum atomic E-state index is 11.0. The Morgan fingerprint density at radius 1 is 1.23 bits per heavy atom. The molecule has 0 heterocycles. The molecule has 0 aromatic heterocycles. The maximum Gasteiger partial charge on any atom is 0.208 e. The van der Waals surface area contributed by atoms with Crippen LogP contribution >= 0.6 is 35.6 Å². The first-order valence-electron chi connectivity index (χ1n) is 8.19. The Morgan fingerprint density at radius 3 is 2.46 bits per heavy atom. The zero-order valence-electron chi connectivity index (χ0n) is 15.3. The molecule has 26 heavy (non-hydrogen) atoms. The Morgan fingerprint density at radius 2 is 1.88 bits per heavy atom. The summed E-state index contributed by atoms with van der Waals surface area (Å²) in [5, 5.41) is 6.98. The van der Waals surface area contributed by atoms with Crippen LogP contribution in [0, 0.1) is 0 Å². The van der Waals surface area contributed by atoms with E-state index in [2.05, 4.69) is 20.3 Å². The molecule has 1 atom stereocenters. The number of hydrogen-bond donors (Lipinski definition) is 3. The summed E-state index contributed by atoms with van der Waals surface area (Å²) in [5.74, 6) is 1.42. The molecule has 0 aliphatic carbocycles. The molecule has 0 bridgehead atoms. The highest BCUT2D eigenvalue weighted by Crippen LogP contribution is 2.16. The van der Waals surface area contributed by atoms with Gasteiger partial charge in [0.15, 0.2) is 5.96 Å². The highest BCUT2D eigenvalue weighted by molar-refractivity contribution is 14.0. The minimum atomic E-state index is -3.14. The molecular weight excluding hydrogens is 491 g/mol. The molecule has 0 saturated heterocycles. The fourth-order valence-corrected chi connectivity index (χ4v) is 2.54. The molecule has 7 nitrogen and oxygen atoms in total. The number of benzene rings is 1. The van der Waals surface area contributed by atoms with Gasteiger partial charge >= 0.3 is 0 Å². The predicted molar refractivity (Wildman–Crippen MR) is 118 cm³/mol. The van der Waals surface area contributed by atoms with Crippen LogP contribution in [0.15, 0.2) is 29.3 Å². The largest absolute Gasteiger partial charge is 0.489 e. The minimum Gasteiger partial charge on any atom is -0.489 e. The Hall–Kier alpha value is -0.780. The van der Waals surface area contributed by atoms with Crippen molar-refractivity contribution in [1.82, 2.24) is 15.4 Å². The van der Waals surface area contributed by atoms with E-state index in [-0.39, 0.29) is 30.1 Å². The Labute approximate surface area is 178 Å². The zero-order valence-corrected chi connectivity index (χ0v) is 19.2. The number of aliphatic imine (C=N–C) groups is 1. The van der Waals surface area contributed by atoms with Crippen molar-refractivity contribution in [3.05, 3.63) is 29.3 Å². The quantitative estimate of drug-likeness (QED) is 0.191. The number of sulfonamides is 1. The molecule has 150 valence electrons. The molecule has 1 aromatic rings. The molecule has 10 heteroatoms. The second-order valence-electron chi connectivity index (χ2n) is 5.55. The van der Waals surface area contributed by atoms with Gasteiger partial charge in [-0.1, -0.05) is 11.6 Å². The van der Waals surface area contributed by atoms with E-state index in [9.17, 15) is 8.42 Å². The van der Waals surface area contributed by atoms with Gasteiger partial charge < -0.3 is 15.4 Å². The summed E-state index contributed by atoms with van der Waals surface area (Å²) < 4.78 is 30.2. The highest BCUT2D eigenvalue weighted by Gasteiger charge is 2.05. The van der Waals surface area contributed by atoms with Crippen LogP contribution in [0.3, 0.4) is 0 Å². The molecule has 0 radical (unpaired) electrons. The molecular formula is C16H28ClIN4O3S. The Bertz CT molecular complexity index is 641. The van der Waals surface area contributed by atoms with Gasteiger partial charge in [-0.3, -0.25) is 0 Å². The van der Waals surface area contributed by atoms with E-state index in [1.165, 1.54) is 0 Å². The fraction of sp³-hybridized carbons (Fsp3) is 0.562. The number of ether oxygens (including phenoxy) is 1. The van der Waals surface area contributed by atoms with Crippen LogP contribution in [0.25, 0.3) is 0 Å². The van der Waals surface area contributed by atoms with Crippen molar-refractivity contribution >= 4 is 51.6 Å². The van der Waals surface area contributed by atoms with Gasteiger partial charge in [-0.05, 0) is 44.5 Å².